The first kappa shape index (κ1) is 20.1. The Morgan fingerprint density at radius 2 is 1.96 bits per heavy atom. The van der Waals surface area contributed by atoms with Crippen LogP contribution in [0.5, 0.6) is 0 Å². The fourth-order valence-corrected chi connectivity index (χ4v) is 2.50. The highest BCUT2D eigenvalue weighted by Gasteiger charge is 2.10. The average molecular weight is 365 g/mol. The molecule has 0 spiro atoms. The van der Waals surface area contributed by atoms with Crippen LogP contribution in [0.25, 0.3) is 0 Å². The third-order valence-electron chi connectivity index (χ3n) is 3.99. The van der Waals surface area contributed by atoms with Gasteiger partial charge in [-0.2, -0.15) is 0 Å². The number of nitrogens with zero attached hydrogens (tertiary/aromatic N) is 3. The molecule has 9 heteroatoms. The van der Waals surface area contributed by atoms with E-state index in [1.54, 1.807) is 19.2 Å². The Morgan fingerprint density at radius 1 is 1.27 bits per heavy atom. The Hall–Kier alpha value is -2.23. The number of guanidine groups is 1. The largest absolute Gasteiger partial charge is 0.383 e. The Kier molecular flexibility index (Phi) is 8.81. The summed E-state index contributed by atoms with van der Waals surface area (Å²) in [7, 11) is 1.65. The fraction of sp³-hybridized carbons (Fsp3) is 0.588. The summed E-state index contributed by atoms with van der Waals surface area (Å²) in [6.45, 7) is 6.85. The molecule has 9 nitrogen and oxygen atoms in total. The molecule has 1 aromatic rings. The molecule has 0 atom stereocenters. The second-order valence-electron chi connectivity index (χ2n) is 5.89. The third-order valence-corrected chi connectivity index (χ3v) is 3.99. The van der Waals surface area contributed by atoms with E-state index in [0.29, 0.717) is 25.7 Å². The zero-order valence-corrected chi connectivity index (χ0v) is 15.1. The molecule has 26 heavy (non-hydrogen) atoms. The van der Waals surface area contributed by atoms with Crippen molar-refractivity contribution >= 4 is 11.6 Å². The van der Waals surface area contributed by atoms with Crippen LogP contribution in [-0.4, -0.2) is 75.4 Å². The van der Waals surface area contributed by atoms with Crippen molar-refractivity contribution in [3.05, 3.63) is 39.9 Å². The topological polar surface area (TPSA) is 101 Å². The van der Waals surface area contributed by atoms with Gasteiger partial charge in [0.2, 0.25) is 0 Å². The van der Waals surface area contributed by atoms with Crippen LogP contribution in [0.1, 0.15) is 5.56 Å². The molecule has 0 unspecified atom stereocenters. The molecule has 1 aliphatic heterocycles. The monoisotopic (exact) mass is 365 g/mol. The molecule has 0 saturated carbocycles. The summed E-state index contributed by atoms with van der Waals surface area (Å²) in [4.78, 5) is 17.2. The van der Waals surface area contributed by atoms with Gasteiger partial charge < -0.3 is 20.1 Å². The molecular weight excluding hydrogens is 338 g/mol. The van der Waals surface area contributed by atoms with E-state index in [-0.39, 0.29) is 5.69 Å². The van der Waals surface area contributed by atoms with Gasteiger partial charge in [0, 0.05) is 52.0 Å². The first-order valence-corrected chi connectivity index (χ1v) is 8.73. The van der Waals surface area contributed by atoms with E-state index in [2.05, 4.69) is 20.5 Å². The maximum Gasteiger partial charge on any atom is 0.269 e. The first-order chi connectivity index (χ1) is 12.7. The van der Waals surface area contributed by atoms with Crippen molar-refractivity contribution in [3.8, 4) is 0 Å². The molecule has 2 rings (SSSR count). The molecule has 0 amide bonds. The zero-order valence-electron chi connectivity index (χ0n) is 15.1. The van der Waals surface area contributed by atoms with Gasteiger partial charge in [0.25, 0.3) is 5.69 Å². The van der Waals surface area contributed by atoms with E-state index in [1.807, 2.05) is 0 Å². The number of nitrogens with one attached hydrogen (secondary N) is 2. The quantitative estimate of drug-likeness (QED) is 0.217. The molecule has 144 valence electrons. The normalized spacial score (nSPS) is 15.7. The number of benzene rings is 1. The molecule has 0 aliphatic carbocycles. The lowest BCUT2D eigenvalue weighted by Gasteiger charge is -2.26. The van der Waals surface area contributed by atoms with Crippen molar-refractivity contribution < 1.29 is 14.4 Å². The van der Waals surface area contributed by atoms with Crippen LogP contribution < -0.4 is 10.6 Å². The minimum atomic E-state index is -0.405. The zero-order chi connectivity index (χ0) is 18.6. The second kappa shape index (κ2) is 11.4. The van der Waals surface area contributed by atoms with Gasteiger partial charge in [0.05, 0.1) is 31.3 Å². The van der Waals surface area contributed by atoms with Gasteiger partial charge in [-0.15, -0.1) is 0 Å². The summed E-state index contributed by atoms with van der Waals surface area (Å²) in [6, 6.07) is 6.44. The van der Waals surface area contributed by atoms with Crippen LogP contribution in [0.3, 0.4) is 0 Å². The number of hydrogen-bond donors (Lipinski definition) is 2. The standard InChI is InChI=1S/C17H27N5O4/c1-25-11-7-19-17(18-6-8-21-9-12-26-13-10-21)20-14-15-2-4-16(5-3-15)22(23)24/h2-5H,6-14H2,1H3,(H2,18,19,20). The van der Waals surface area contributed by atoms with Gasteiger partial charge >= 0.3 is 0 Å². The number of non-ortho nitro benzene ring substituents is 1. The lowest BCUT2D eigenvalue weighted by molar-refractivity contribution is -0.384. The highest BCUT2D eigenvalue weighted by atomic mass is 16.6. The van der Waals surface area contributed by atoms with Gasteiger partial charge in [0.15, 0.2) is 5.96 Å². The van der Waals surface area contributed by atoms with E-state index in [9.17, 15) is 10.1 Å². The van der Waals surface area contributed by atoms with Gasteiger partial charge in [-0.25, -0.2) is 4.99 Å². The van der Waals surface area contributed by atoms with Gasteiger partial charge in [-0.1, -0.05) is 12.1 Å². The predicted molar refractivity (Wildman–Crippen MR) is 99.4 cm³/mol. The van der Waals surface area contributed by atoms with Gasteiger partial charge in [-0.05, 0) is 5.56 Å². The van der Waals surface area contributed by atoms with Crippen LogP contribution in [0, 0.1) is 10.1 Å². The number of ether oxygens (including phenoxy) is 2. The SMILES string of the molecule is COCCNC(=NCc1ccc([N+](=O)[O-])cc1)NCCN1CCOCC1. The molecular formula is C17H27N5O4. The first-order valence-electron chi connectivity index (χ1n) is 8.73. The molecule has 1 saturated heterocycles. The van der Waals surface area contributed by atoms with Crippen molar-refractivity contribution in [2.75, 3.05) is 59.7 Å². The number of morpholine rings is 1. The van der Waals surface area contributed by atoms with E-state index in [4.69, 9.17) is 9.47 Å². The molecule has 0 aromatic heterocycles. The highest BCUT2D eigenvalue weighted by Crippen LogP contribution is 2.12. The smallest absolute Gasteiger partial charge is 0.269 e. The van der Waals surface area contributed by atoms with E-state index in [1.165, 1.54) is 12.1 Å². The van der Waals surface area contributed by atoms with Gasteiger partial charge in [-0.3, -0.25) is 15.0 Å². The second-order valence-corrected chi connectivity index (χ2v) is 5.89. The Balaban J connectivity index is 1.84. The van der Waals surface area contributed by atoms with E-state index < -0.39 is 4.92 Å². The Labute approximate surface area is 153 Å². The van der Waals surface area contributed by atoms with Gasteiger partial charge in [0.1, 0.15) is 0 Å². The maximum atomic E-state index is 10.7. The molecule has 1 heterocycles. The van der Waals surface area contributed by atoms with Crippen molar-refractivity contribution in [2.24, 2.45) is 4.99 Å². The number of nitro benzene ring substituents is 1. The maximum absolute atomic E-state index is 10.7. The predicted octanol–water partition coefficient (Wildman–Crippen LogP) is 0.609. The molecule has 1 aliphatic rings. The summed E-state index contributed by atoms with van der Waals surface area (Å²) < 4.78 is 10.4. The number of rotatable bonds is 9. The number of methoxy groups -OCH3 is 1. The number of aliphatic imine (C=N–C) groups is 1. The van der Waals surface area contributed by atoms with E-state index in [0.717, 1.165) is 45.0 Å². The highest BCUT2D eigenvalue weighted by molar-refractivity contribution is 5.79. The van der Waals surface area contributed by atoms with Crippen LogP contribution in [0.15, 0.2) is 29.3 Å². The Morgan fingerprint density at radius 3 is 2.62 bits per heavy atom. The minimum absolute atomic E-state index is 0.0832. The van der Waals surface area contributed by atoms with Crippen molar-refractivity contribution in [1.82, 2.24) is 15.5 Å². The van der Waals surface area contributed by atoms with Crippen LogP contribution in [-0.2, 0) is 16.0 Å². The van der Waals surface area contributed by atoms with Crippen molar-refractivity contribution in [3.63, 3.8) is 0 Å². The van der Waals surface area contributed by atoms with Crippen molar-refractivity contribution in [1.29, 1.82) is 0 Å². The van der Waals surface area contributed by atoms with Crippen LogP contribution in [0.4, 0.5) is 5.69 Å². The molecule has 1 fully saturated rings. The van der Waals surface area contributed by atoms with Crippen LogP contribution >= 0.6 is 0 Å². The van der Waals surface area contributed by atoms with Crippen LogP contribution in [0.2, 0.25) is 0 Å². The number of hydrogen-bond acceptors (Lipinski definition) is 6. The molecule has 0 radical (unpaired) electrons. The average Bonchev–Trinajstić information content (AvgIpc) is 2.67. The van der Waals surface area contributed by atoms with E-state index >= 15 is 0 Å². The summed E-state index contributed by atoms with van der Waals surface area (Å²) in [5, 5.41) is 17.2. The Bertz CT molecular complexity index is 573. The lowest BCUT2D eigenvalue weighted by Crippen LogP contribution is -2.45. The summed E-state index contributed by atoms with van der Waals surface area (Å²) in [5.74, 6) is 0.702. The molecule has 2 N–H and O–H groups in total. The molecule has 1 aromatic carbocycles. The summed E-state index contributed by atoms with van der Waals surface area (Å²) in [6.07, 6.45) is 0. The minimum Gasteiger partial charge on any atom is -0.383 e. The third kappa shape index (κ3) is 7.34. The fourth-order valence-electron chi connectivity index (χ4n) is 2.50. The van der Waals surface area contributed by atoms with Crippen molar-refractivity contribution in [2.45, 2.75) is 6.54 Å². The summed E-state index contributed by atoms with van der Waals surface area (Å²) in [5.41, 5.74) is 0.997. The molecule has 0 bridgehead atoms. The number of nitro groups is 1. The lowest BCUT2D eigenvalue weighted by atomic mass is 10.2. The summed E-state index contributed by atoms with van der Waals surface area (Å²) >= 11 is 0.